The van der Waals surface area contributed by atoms with E-state index in [4.69, 9.17) is 5.73 Å². The summed E-state index contributed by atoms with van der Waals surface area (Å²) in [6.45, 7) is 2.10. The zero-order valence-electron chi connectivity index (χ0n) is 10.8. The molecule has 0 aliphatic carbocycles. The van der Waals surface area contributed by atoms with Crippen LogP contribution in [0.4, 0.5) is 11.4 Å². The van der Waals surface area contributed by atoms with Gasteiger partial charge in [0.15, 0.2) is 5.03 Å². The van der Waals surface area contributed by atoms with Gasteiger partial charge in [0.2, 0.25) is 0 Å². The van der Waals surface area contributed by atoms with Gasteiger partial charge < -0.3 is 10.3 Å². The van der Waals surface area contributed by atoms with Crippen molar-refractivity contribution >= 4 is 21.4 Å². The number of sulfonamides is 1. The third-order valence-electron chi connectivity index (χ3n) is 2.70. The van der Waals surface area contributed by atoms with E-state index in [0.717, 1.165) is 0 Å². The van der Waals surface area contributed by atoms with Gasteiger partial charge in [0.1, 0.15) is 0 Å². The van der Waals surface area contributed by atoms with E-state index >= 15 is 0 Å². The molecule has 2 rings (SSSR count). The summed E-state index contributed by atoms with van der Waals surface area (Å²) in [6, 6.07) is 6.70. The number of hydrogen-bond acceptors (Lipinski definition) is 4. The quantitative estimate of drug-likeness (QED) is 0.854. The highest BCUT2D eigenvalue weighted by Gasteiger charge is 2.25. The van der Waals surface area contributed by atoms with Gasteiger partial charge in [-0.15, -0.1) is 0 Å². The molecule has 0 bridgehead atoms. The number of hydrogen-bond donors (Lipinski definition) is 1. The van der Waals surface area contributed by atoms with Crippen molar-refractivity contribution in [3.63, 3.8) is 0 Å². The Kier molecular flexibility index (Phi) is 3.48. The maximum Gasteiger partial charge on any atom is 0.283 e. The van der Waals surface area contributed by atoms with Crippen LogP contribution in [-0.4, -0.2) is 24.5 Å². The van der Waals surface area contributed by atoms with E-state index < -0.39 is 10.0 Å². The number of nitrogens with two attached hydrogens (primary N) is 1. The molecule has 1 aromatic carbocycles. The van der Waals surface area contributed by atoms with Crippen LogP contribution in [0.2, 0.25) is 0 Å². The summed E-state index contributed by atoms with van der Waals surface area (Å²) >= 11 is 0. The number of benzene rings is 1. The van der Waals surface area contributed by atoms with Crippen molar-refractivity contribution in [3.8, 4) is 0 Å². The van der Waals surface area contributed by atoms with Crippen LogP contribution in [0.15, 0.2) is 41.8 Å². The molecule has 102 valence electrons. The van der Waals surface area contributed by atoms with Crippen LogP contribution in [0.1, 0.15) is 6.92 Å². The fourth-order valence-corrected chi connectivity index (χ4v) is 3.21. The molecule has 1 aromatic heterocycles. The molecule has 0 radical (unpaired) electrons. The second-order valence-electron chi connectivity index (χ2n) is 4.14. The standard InChI is InChI=1S/C12H16N4O2S/c1-3-16(11-6-4-10(13)5-7-11)19(17,18)12-8-15(2)9-14-12/h4-9H,3,13H2,1-2H3. The average molecular weight is 280 g/mol. The number of aromatic nitrogens is 2. The highest BCUT2D eigenvalue weighted by Crippen LogP contribution is 2.23. The summed E-state index contributed by atoms with van der Waals surface area (Å²) in [7, 11) is -1.91. The smallest absolute Gasteiger partial charge is 0.283 e. The molecule has 0 amide bonds. The first kappa shape index (κ1) is 13.4. The first-order valence-electron chi connectivity index (χ1n) is 5.81. The Bertz CT molecular complexity index is 661. The Morgan fingerprint density at radius 2 is 1.95 bits per heavy atom. The highest BCUT2D eigenvalue weighted by molar-refractivity contribution is 7.92. The summed E-state index contributed by atoms with van der Waals surface area (Å²) in [5, 5.41) is 0.0358. The maximum absolute atomic E-state index is 12.5. The number of rotatable bonds is 4. The average Bonchev–Trinajstić information content (AvgIpc) is 2.80. The predicted octanol–water partition coefficient (Wildman–Crippen LogP) is 1.22. The number of aryl methyl sites for hydroxylation is 1. The molecule has 19 heavy (non-hydrogen) atoms. The minimum absolute atomic E-state index is 0.0358. The van der Waals surface area contributed by atoms with Gasteiger partial charge in [-0.25, -0.2) is 4.98 Å². The zero-order valence-corrected chi connectivity index (χ0v) is 11.6. The van der Waals surface area contributed by atoms with E-state index in [2.05, 4.69) is 4.98 Å². The molecule has 0 aliphatic heterocycles. The van der Waals surface area contributed by atoms with E-state index in [9.17, 15) is 8.42 Å². The fraction of sp³-hybridized carbons (Fsp3) is 0.250. The lowest BCUT2D eigenvalue weighted by atomic mass is 10.3. The van der Waals surface area contributed by atoms with Gasteiger partial charge in [0.25, 0.3) is 10.0 Å². The van der Waals surface area contributed by atoms with Crippen molar-refractivity contribution in [2.45, 2.75) is 11.9 Å². The van der Waals surface area contributed by atoms with Crippen molar-refractivity contribution in [1.82, 2.24) is 9.55 Å². The minimum Gasteiger partial charge on any atom is -0.399 e. The van der Waals surface area contributed by atoms with Crippen LogP contribution < -0.4 is 10.0 Å². The molecule has 0 saturated carbocycles. The monoisotopic (exact) mass is 280 g/mol. The van der Waals surface area contributed by atoms with Crippen LogP contribution in [0.3, 0.4) is 0 Å². The van der Waals surface area contributed by atoms with Crippen molar-refractivity contribution in [2.75, 3.05) is 16.6 Å². The second kappa shape index (κ2) is 4.93. The molecule has 0 spiro atoms. The number of anilines is 2. The summed E-state index contributed by atoms with van der Waals surface area (Å²) in [4.78, 5) is 3.91. The number of imidazole rings is 1. The molecule has 0 aliphatic rings. The van der Waals surface area contributed by atoms with Crippen LogP contribution in [0.25, 0.3) is 0 Å². The SMILES string of the molecule is CCN(c1ccc(N)cc1)S(=O)(=O)c1cn(C)cn1. The van der Waals surface area contributed by atoms with Crippen molar-refractivity contribution in [1.29, 1.82) is 0 Å². The molecular formula is C12H16N4O2S. The van der Waals surface area contributed by atoms with Crippen LogP contribution in [0.5, 0.6) is 0 Å². The van der Waals surface area contributed by atoms with Crippen molar-refractivity contribution in [3.05, 3.63) is 36.8 Å². The third kappa shape index (κ3) is 2.55. The molecular weight excluding hydrogens is 264 g/mol. The maximum atomic E-state index is 12.5. The van der Waals surface area contributed by atoms with E-state index in [-0.39, 0.29) is 5.03 Å². The molecule has 0 saturated heterocycles. The first-order chi connectivity index (χ1) is 8.95. The van der Waals surface area contributed by atoms with Crippen LogP contribution >= 0.6 is 0 Å². The fourth-order valence-electron chi connectivity index (χ4n) is 1.77. The summed E-state index contributed by atoms with van der Waals surface area (Å²) < 4.78 is 27.9. The lowest BCUT2D eigenvalue weighted by Crippen LogP contribution is -2.31. The largest absolute Gasteiger partial charge is 0.399 e. The van der Waals surface area contributed by atoms with Gasteiger partial charge in [-0.3, -0.25) is 4.31 Å². The number of nitrogen functional groups attached to an aromatic ring is 1. The molecule has 7 heteroatoms. The first-order valence-corrected chi connectivity index (χ1v) is 7.25. The van der Waals surface area contributed by atoms with E-state index in [1.165, 1.54) is 16.8 Å². The molecule has 0 unspecified atom stereocenters. The predicted molar refractivity (Wildman–Crippen MR) is 74.3 cm³/mol. The lowest BCUT2D eigenvalue weighted by molar-refractivity contribution is 0.588. The van der Waals surface area contributed by atoms with Gasteiger partial charge in [0, 0.05) is 25.5 Å². The Labute approximate surface area is 112 Å². The summed E-state index contributed by atoms with van der Waals surface area (Å²) in [6.07, 6.45) is 2.94. The minimum atomic E-state index is -3.64. The lowest BCUT2D eigenvalue weighted by Gasteiger charge is -2.21. The van der Waals surface area contributed by atoms with Gasteiger partial charge in [-0.2, -0.15) is 8.42 Å². The number of nitrogens with zero attached hydrogens (tertiary/aromatic N) is 3. The van der Waals surface area contributed by atoms with Crippen LogP contribution in [0, 0.1) is 0 Å². The van der Waals surface area contributed by atoms with E-state index in [1.807, 2.05) is 0 Å². The topological polar surface area (TPSA) is 81.2 Å². The summed E-state index contributed by atoms with van der Waals surface area (Å²) in [5.41, 5.74) is 6.77. The van der Waals surface area contributed by atoms with E-state index in [0.29, 0.717) is 17.9 Å². The molecule has 1 heterocycles. The van der Waals surface area contributed by atoms with Crippen LogP contribution in [-0.2, 0) is 17.1 Å². The Balaban J connectivity index is 2.44. The zero-order chi connectivity index (χ0) is 14.0. The van der Waals surface area contributed by atoms with Gasteiger partial charge in [-0.05, 0) is 31.2 Å². The second-order valence-corrected chi connectivity index (χ2v) is 5.95. The van der Waals surface area contributed by atoms with Gasteiger partial charge in [0.05, 0.1) is 12.0 Å². The molecule has 2 aromatic rings. The van der Waals surface area contributed by atoms with Crippen molar-refractivity contribution in [2.24, 2.45) is 7.05 Å². The molecule has 0 atom stereocenters. The Hall–Kier alpha value is -2.02. The molecule has 6 nitrogen and oxygen atoms in total. The van der Waals surface area contributed by atoms with Crippen molar-refractivity contribution < 1.29 is 8.42 Å². The highest BCUT2D eigenvalue weighted by atomic mass is 32.2. The van der Waals surface area contributed by atoms with Gasteiger partial charge >= 0.3 is 0 Å². The molecule has 0 fully saturated rings. The van der Waals surface area contributed by atoms with E-state index in [1.54, 1.807) is 42.8 Å². The normalized spacial score (nSPS) is 11.5. The third-order valence-corrected chi connectivity index (χ3v) is 4.49. The molecule has 2 N–H and O–H groups in total. The Morgan fingerprint density at radius 3 is 2.42 bits per heavy atom. The summed E-state index contributed by atoms with van der Waals surface area (Å²) in [5.74, 6) is 0. The Morgan fingerprint density at radius 1 is 1.32 bits per heavy atom. The van der Waals surface area contributed by atoms with Gasteiger partial charge in [-0.1, -0.05) is 0 Å².